The van der Waals surface area contributed by atoms with Crippen molar-refractivity contribution in [3.05, 3.63) is 29.3 Å². The fourth-order valence-electron chi connectivity index (χ4n) is 2.88. The molecule has 0 aromatic heterocycles. The van der Waals surface area contributed by atoms with Crippen molar-refractivity contribution >= 4 is 11.6 Å². The Morgan fingerprint density at radius 1 is 1.32 bits per heavy atom. The number of anilines is 1. The van der Waals surface area contributed by atoms with Crippen LogP contribution in [0.1, 0.15) is 37.3 Å². The average Bonchev–Trinajstić information content (AvgIpc) is 2.42. The molecule has 0 saturated carbocycles. The zero-order chi connectivity index (χ0) is 13.8. The summed E-state index contributed by atoms with van der Waals surface area (Å²) in [5.41, 5.74) is 3.24. The van der Waals surface area contributed by atoms with Gasteiger partial charge in [-0.25, -0.2) is 0 Å². The van der Waals surface area contributed by atoms with Gasteiger partial charge in [-0.2, -0.15) is 0 Å². The zero-order valence-electron chi connectivity index (χ0n) is 12.2. The van der Waals surface area contributed by atoms with E-state index in [2.05, 4.69) is 17.1 Å². The second kappa shape index (κ2) is 6.20. The van der Waals surface area contributed by atoms with E-state index in [1.54, 1.807) is 0 Å². The summed E-state index contributed by atoms with van der Waals surface area (Å²) in [6.45, 7) is 8.21. The summed E-state index contributed by atoms with van der Waals surface area (Å²) in [5, 5.41) is 3.13. The fraction of sp³-hybridized carbons (Fsp3) is 0.562. The van der Waals surface area contributed by atoms with E-state index in [0.717, 1.165) is 42.7 Å². The number of piperidine rings is 1. The number of benzene rings is 1. The molecule has 1 amide bonds. The van der Waals surface area contributed by atoms with Crippen LogP contribution in [0.5, 0.6) is 0 Å². The summed E-state index contributed by atoms with van der Waals surface area (Å²) in [5.74, 6) is 0.152. The van der Waals surface area contributed by atoms with Crippen molar-refractivity contribution in [2.24, 2.45) is 0 Å². The lowest BCUT2D eigenvalue weighted by Crippen LogP contribution is -2.47. The van der Waals surface area contributed by atoms with Gasteiger partial charge in [-0.3, -0.25) is 9.69 Å². The van der Waals surface area contributed by atoms with E-state index in [9.17, 15) is 4.79 Å². The molecule has 1 atom stereocenters. The van der Waals surface area contributed by atoms with Crippen molar-refractivity contribution in [1.82, 2.24) is 4.90 Å². The third-order valence-corrected chi connectivity index (χ3v) is 4.05. The molecule has 104 valence electrons. The molecule has 1 heterocycles. The van der Waals surface area contributed by atoms with E-state index < -0.39 is 0 Å². The van der Waals surface area contributed by atoms with Gasteiger partial charge in [-0.05, 0) is 50.9 Å². The molecule has 3 heteroatoms. The molecule has 2 rings (SSSR count). The molecule has 1 aliphatic heterocycles. The maximum absolute atomic E-state index is 12.5. The quantitative estimate of drug-likeness (QED) is 0.905. The third-order valence-electron chi connectivity index (χ3n) is 4.05. The molecule has 1 aromatic rings. The van der Waals surface area contributed by atoms with Crippen LogP contribution >= 0.6 is 0 Å². The minimum atomic E-state index is 0.0396. The summed E-state index contributed by atoms with van der Waals surface area (Å²) in [6, 6.07) is 6.15. The van der Waals surface area contributed by atoms with Crippen LogP contribution in [0, 0.1) is 13.8 Å². The molecule has 1 aromatic carbocycles. The van der Waals surface area contributed by atoms with Crippen LogP contribution in [0.4, 0.5) is 5.69 Å². The first kappa shape index (κ1) is 14.1. The zero-order valence-corrected chi connectivity index (χ0v) is 12.2. The molecule has 0 aliphatic carbocycles. The number of hydrogen-bond acceptors (Lipinski definition) is 2. The molecule has 0 radical (unpaired) electrons. The van der Waals surface area contributed by atoms with Crippen LogP contribution in [0.3, 0.4) is 0 Å². The van der Waals surface area contributed by atoms with E-state index in [-0.39, 0.29) is 11.9 Å². The minimum absolute atomic E-state index is 0.0396. The van der Waals surface area contributed by atoms with Gasteiger partial charge in [0, 0.05) is 5.69 Å². The summed E-state index contributed by atoms with van der Waals surface area (Å²) >= 11 is 0. The molecule has 1 fully saturated rings. The summed E-state index contributed by atoms with van der Waals surface area (Å²) in [4.78, 5) is 14.8. The Kier molecular flexibility index (Phi) is 4.59. The predicted octanol–water partition coefficient (Wildman–Crippen LogP) is 3.12. The van der Waals surface area contributed by atoms with Crippen molar-refractivity contribution in [2.75, 3.05) is 18.4 Å². The van der Waals surface area contributed by atoms with Gasteiger partial charge in [0.1, 0.15) is 0 Å². The Morgan fingerprint density at radius 2 is 2.00 bits per heavy atom. The smallest absolute Gasteiger partial charge is 0.241 e. The van der Waals surface area contributed by atoms with Gasteiger partial charge in [-0.1, -0.05) is 31.5 Å². The maximum Gasteiger partial charge on any atom is 0.241 e. The van der Waals surface area contributed by atoms with Gasteiger partial charge < -0.3 is 5.32 Å². The van der Waals surface area contributed by atoms with Gasteiger partial charge in [-0.15, -0.1) is 0 Å². The number of likely N-dealkylation sites (N-methyl/N-ethyl adjacent to an activating group) is 1. The van der Waals surface area contributed by atoms with Crippen LogP contribution in [0.15, 0.2) is 18.2 Å². The van der Waals surface area contributed by atoms with E-state index in [4.69, 9.17) is 0 Å². The van der Waals surface area contributed by atoms with Crippen molar-refractivity contribution < 1.29 is 4.79 Å². The topological polar surface area (TPSA) is 32.3 Å². The number of aryl methyl sites for hydroxylation is 2. The van der Waals surface area contributed by atoms with E-state index >= 15 is 0 Å². The number of nitrogens with zero attached hydrogens (tertiary/aromatic N) is 1. The van der Waals surface area contributed by atoms with Gasteiger partial charge in [0.15, 0.2) is 0 Å². The number of carbonyl (C=O) groups is 1. The third kappa shape index (κ3) is 3.16. The lowest BCUT2D eigenvalue weighted by molar-refractivity contribution is -0.122. The van der Waals surface area contributed by atoms with Crippen molar-refractivity contribution in [1.29, 1.82) is 0 Å². The molecule has 0 unspecified atom stereocenters. The van der Waals surface area contributed by atoms with Crippen molar-refractivity contribution in [2.45, 2.75) is 46.1 Å². The Hall–Kier alpha value is -1.35. The van der Waals surface area contributed by atoms with Crippen LogP contribution in [0.25, 0.3) is 0 Å². The molecule has 1 aliphatic rings. The molecular formula is C16H24N2O. The number of para-hydroxylation sites is 1. The monoisotopic (exact) mass is 260 g/mol. The molecule has 1 N–H and O–H groups in total. The van der Waals surface area contributed by atoms with Crippen LogP contribution < -0.4 is 5.32 Å². The first-order valence-electron chi connectivity index (χ1n) is 7.24. The number of carbonyl (C=O) groups excluding carboxylic acids is 1. The summed E-state index contributed by atoms with van der Waals surface area (Å²) in [6.07, 6.45) is 3.34. The van der Waals surface area contributed by atoms with Gasteiger partial charge in [0.2, 0.25) is 5.91 Å². The summed E-state index contributed by atoms with van der Waals surface area (Å²) < 4.78 is 0. The van der Waals surface area contributed by atoms with E-state index in [0.29, 0.717) is 0 Å². The average molecular weight is 260 g/mol. The Balaban J connectivity index is 2.12. The van der Waals surface area contributed by atoms with E-state index in [1.165, 1.54) is 6.42 Å². The number of rotatable bonds is 3. The van der Waals surface area contributed by atoms with E-state index in [1.807, 2.05) is 32.0 Å². The highest BCUT2D eigenvalue weighted by atomic mass is 16.2. The molecular weight excluding hydrogens is 236 g/mol. The lowest BCUT2D eigenvalue weighted by Gasteiger charge is -2.33. The number of amides is 1. The van der Waals surface area contributed by atoms with Crippen LogP contribution in [-0.2, 0) is 4.79 Å². The second-order valence-corrected chi connectivity index (χ2v) is 5.40. The summed E-state index contributed by atoms with van der Waals surface area (Å²) in [7, 11) is 0. The molecule has 0 spiro atoms. The fourth-order valence-corrected chi connectivity index (χ4v) is 2.88. The lowest BCUT2D eigenvalue weighted by atomic mass is 10.0. The predicted molar refractivity (Wildman–Crippen MR) is 79.4 cm³/mol. The Bertz CT molecular complexity index is 436. The number of likely N-dealkylation sites (tertiary alicyclic amines) is 1. The van der Waals surface area contributed by atoms with Crippen LogP contribution in [0.2, 0.25) is 0 Å². The molecule has 1 saturated heterocycles. The van der Waals surface area contributed by atoms with Crippen molar-refractivity contribution in [3.8, 4) is 0 Å². The molecule has 3 nitrogen and oxygen atoms in total. The van der Waals surface area contributed by atoms with Crippen molar-refractivity contribution in [3.63, 3.8) is 0 Å². The van der Waals surface area contributed by atoms with Gasteiger partial charge in [0.05, 0.1) is 6.04 Å². The Labute approximate surface area is 116 Å². The normalized spacial score (nSPS) is 20.3. The van der Waals surface area contributed by atoms with Crippen LogP contribution in [-0.4, -0.2) is 29.9 Å². The maximum atomic E-state index is 12.5. The van der Waals surface area contributed by atoms with Gasteiger partial charge in [0.25, 0.3) is 0 Å². The Morgan fingerprint density at radius 3 is 2.63 bits per heavy atom. The molecule has 19 heavy (non-hydrogen) atoms. The highest BCUT2D eigenvalue weighted by molar-refractivity contribution is 5.96. The molecule has 0 bridgehead atoms. The second-order valence-electron chi connectivity index (χ2n) is 5.40. The highest BCUT2D eigenvalue weighted by Gasteiger charge is 2.27. The van der Waals surface area contributed by atoms with Gasteiger partial charge >= 0.3 is 0 Å². The standard InChI is InChI=1S/C16H24N2O/c1-4-18-11-6-5-10-14(18)16(19)17-15-12(2)8-7-9-13(15)3/h7-9,14H,4-6,10-11H2,1-3H3,(H,17,19)/t14-/m0/s1. The largest absolute Gasteiger partial charge is 0.324 e. The number of nitrogens with one attached hydrogen (secondary N) is 1. The number of hydrogen-bond donors (Lipinski definition) is 1. The minimum Gasteiger partial charge on any atom is -0.324 e. The SMILES string of the molecule is CCN1CCCC[C@H]1C(=O)Nc1c(C)cccc1C. The first-order valence-corrected chi connectivity index (χ1v) is 7.24. The first-order chi connectivity index (χ1) is 9.13. The highest BCUT2D eigenvalue weighted by Crippen LogP contribution is 2.22.